The van der Waals surface area contributed by atoms with Gasteiger partial charge in [-0.1, -0.05) is 18.2 Å². The van der Waals surface area contributed by atoms with Gasteiger partial charge in [-0.15, -0.1) is 11.3 Å². The van der Waals surface area contributed by atoms with Crippen molar-refractivity contribution in [1.82, 2.24) is 4.90 Å². The van der Waals surface area contributed by atoms with Gasteiger partial charge in [0.2, 0.25) is 0 Å². The van der Waals surface area contributed by atoms with Crippen molar-refractivity contribution < 1.29 is 4.79 Å². The first-order chi connectivity index (χ1) is 8.59. The maximum absolute atomic E-state index is 11.2. The third-order valence-electron chi connectivity index (χ3n) is 3.26. The van der Waals surface area contributed by atoms with Gasteiger partial charge in [0.25, 0.3) is 0 Å². The number of benzene rings is 1. The van der Waals surface area contributed by atoms with Gasteiger partial charge in [0, 0.05) is 17.2 Å². The van der Waals surface area contributed by atoms with Crippen molar-refractivity contribution in [2.45, 2.75) is 25.8 Å². The van der Waals surface area contributed by atoms with Crippen LogP contribution in [0.25, 0.3) is 10.1 Å². The van der Waals surface area contributed by atoms with Gasteiger partial charge in [-0.3, -0.25) is 0 Å². The zero-order valence-corrected chi connectivity index (χ0v) is 12.0. The van der Waals surface area contributed by atoms with Crippen LogP contribution in [0.15, 0.2) is 29.6 Å². The maximum atomic E-state index is 11.2. The number of carbonyl (C=O) groups is 1. The van der Waals surface area contributed by atoms with Gasteiger partial charge < -0.3 is 9.69 Å². The third kappa shape index (κ3) is 2.79. The summed E-state index contributed by atoms with van der Waals surface area (Å²) in [5.41, 5.74) is 1.35. The van der Waals surface area contributed by atoms with E-state index in [0.29, 0.717) is 12.5 Å². The first-order valence-electron chi connectivity index (χ1n) is 6.21. The zero-order chi connectivity index (χ0) is 13.1. The summed E-state index contributed by atoms with van der Waals surface area (Å²) in [5.74, 6) is 0.265. The molecule has 2 rings (SSSR count). The second kappa shape index (κ2) is 5.63. The Kier molecular flexibility index (Phi) is 4.15. The highest BCUT2D eigenvalue weighted by Crippen LogP contribution is 2.34. The van der Waals surface area contributed by atoms with Gasteiger partial charge in [-0.25, -0.2) is 0 Å². The molecule has 0 aliphatic heterocycles. The van der Waals surface area contributed by atoms with Crippen molar-refractivity contribution >= 4 is 27.2 Å². The van der Waals surface area contributed by atoms with E-state index < -0.39 is 0 Å². The molecule has 0 N–H and O–H groups in total. The van der Waals surface area contributed by atoms with Gasteiger partial charge in [0.1, 0.15) is 5.78 Å². The zero-order valence-electron chi connectivity index (χ0n) is 11.1. The van der Waals surface area contributed by atoms with Crippen LogP contribution in [0, 0.1) is 0 Å². The van der Waals surface area contributed by atoms with Crippen molar-refractivity contribution in [2.24, 2.45) is 0 Å². The van der Waals surface area contributed by atoms with E-state index >= 15 is 0 Å². The van der Waals surface area contributed by atoms with E-state index in [4.69, 9.17) is 0 Å². The minimum absolute atomic E-state index is 0.265. The molecule has 96 valence electrons. The quantitative estimate of drug-likeness (QED) is 0.814. The number of thiophene rings is 1. The molecule has 0 radical (unpaired) electrons. The van der Waals surface area contributed by atoms with Gasteiger partial charge >= 0.3 is 0 Å². The second-order valence-corrected chi connectivity index (χ2v) is 5.82. The molecule has 1 aromatic heterocycles. The lowest BCUT2D eigenvalue weighted by atomic mass is 9.99. The molecule has 0 aliphatic carbocycles. The Bertz CT molecular complexity index is 544. The van der Waals surface area contributed by atoms with Crippen molar-refractivity contribution in [3.63, 3.8) is 0 Å². The maximum Gasteiger partial charge on any atom is 0.129 e. The van der Waals surface area contributed by atoms with Crippen LogP contribution < -0.4 is 0 Å². The summed E-state index contributed by atoms with van der Waals surface area (Å²) in [6, 6.07) is 8.80. The monoisotopic (exact) mass is 261 g/mol. The number of hydrogen-bond donors (Lipinski definition) is 0. The fourth-order valence-electron chi connectivity index (χ4n) is 2.29. The van der Waals surface area contributed by atoms with Crippen LogP contribution in [0.5, 0.6) is 0 Å². The Balaban J connectivity index is 2.33. The van der Waals surface area contributed by atoms with E-state index in [9.17, 15) is 4.79 Å². The molecule has 2 nitrogen and oxygen atoms in total. The van der Waals surface area contributed by atoms with Gasteiger partial charge in [-0.05, 0) is 49.8 Å². The second-order valence-electron chi connectivity index (χ2n) is 4.91. The highest BCUT2D eigenvalue weighted by Gasteiger charge is 2.18. The molecule has 0 bridgehead atoms. The molecule has 0 fully saturated rings. The van der Waals surface area contributed by atoms with Crippen molar-refractivity contribution in [2.75, 3.05) is 14.1 Å². The number of carbonyl (C=O) groups excluding carboxylic acids is 1. The fraction of sp³-hybridized carbons (Fsp3) is 0.400. The molecule has 1 unspecified atom stereocenters. The molecule has 18 heavy (non-hydrogen) atoms. The summed E-state index contributed by atoms with van der Waals surface area (Å²) in [4.78, 5) is 13.4. The number of Topliss-reactive ketones (excluding diaryl/α,β-unsaturated/α-hetero) is 1. The van der Waals surface area contributed by atoms with Gasteiger partial charge in [0.15, 0.2) is 0 Å². The molecule has 2 aromatic rings. The Labute approximate surface area is 112 Å². The number of fused-ring (bicyclic) bond motifs is 1. The topological polar surface area (TPSA) is 20.3 Å². The van der Waals surface area contributed by atoms with Gasteiger partial charge in [-0.2, -0.15) is 0 Å². The lowest BCUT2D eigenvalue weighted by Crippen LogP contribution is -2.20. The Morgan fingerprint density at radius 1 is 1.33 bits per heavy atom. The lowest BCUT2D eigenvalue weighted by molar-refractivity contribution is -0.117. The number of rotatable bonds is 5. The lowest BCUT2D eigenvalue weighted by Gasteiger charge is -2.23. The summed E-state index contributed by atoms with van der Waals surface area (Å²) in [5, 5.41) is 3.56. The van der Waals surface area contributed by atoms with E-state index in [0.717, 1.165) is 6.42 Å². The molecule has 1 aromatic carbocycles. The molecule has 1 atom stereocenters. The van der Waals surface area contributed by atoms with E-state index in [-0.39, 0.29) is 5.78 Å². The normalized spacial score (nSPS) is 13.1. The highest BCUT2D eigenvalue weighted by molar-refractivity contribution is 7.17. The van der Waals surface area contributed by atoms with Crippen molar-refractivity contribution in [1.29, 1.82) is 0 Å². The SMILES string of the molecule is CC(=O)CCC(c1csc2ccccc12)N(C)C. The summed E-state index contributed by atoms with van der Waals surface area (Å²) < 4.78 is 1.32. The third-order valence-corrected chi connectivity index (χ3v) is 4.24. The van der Waals surface area contributed by atoms with Gasteiger partial charge in [0.05, 0.1) is 0 Å². The van der Waals surface area contributed by atoms with E-state index in [1.165, 1.54) is 15.6 Å². The standard InChI is InChI=1S/C15H19NOS/c1-11(17)8-9-14(16(2)3)13-10-18-15-7-5-4-6-12(13)15/h4-7,10,14H,8-9H2,1-3H3. The summed E-state index contributed by atoms with van der Waals surface area (Å²) in [6.45, 7) is 1.67. The Morgan fingerprint density at radius 3 is 2.72 bits per heavy atom. The predicted molar refractivity (Wildman–Crippen MR) is 78.2 cm³/mol. The molecule has 0 saturated heterocycles. The molecular formula is C15H19NOS. The molecule has 1 heterocycles. The molecule has 0 saturated carbocycles. The number of hydrogen-bond acceptors (Lipinski definition) is 3. The molecule has 0 aliphatic rings. The Hall–Kier alpha value is -1.19. The molecule has 0 spiro atoms. The minimum Gasteiger partial charge on any atom is -0.302 e. The summed E-state index contributed by atoms with van der Waals surface area (Å²) >= 11 is 1.78. The average molecular weight is 261 g/mol. The van der Waals surface area contributed by atoms with E-state index in [2.05, 4.69) is 48.6 Å². The molecule has 0 amide bonds. The smallest absolute Gasteiger partial charge is 0.129 e. The fourth-order valence-corrected chi connectivity index (χ4v) is 3.30. The van der Waals surface area contributed by atoms with Crippen LogP contribution >= 0.6 is 11.3 Å². The van der Waals surface area contributed by atoms with Crippen LogP contribution in [-0.4, -0.2) is 24.8 Å². The minimum atomic E-state index is 0.265. The van der Waals surface area contributed by atoms with Crippen LogP contribution in [0.2, 0.25) is 0 Å². The van der Waals surface area contributed by atoms with Crippen molar-refractivity contribution in [3.8, 4) is 0 Å². The largest absolute Gasteiger partial charge is 0.302 e. The molecule has 3 heteroatoms. The predicted octanol–water partition coefficient (Wildman–Crippen LogP) is 3.87. The molecular weight excluding hydrogens is 242 g/mol. The van der Waals surface area contributed by atoms with E-state index in [1.54, 1.807) is 18.3 Å². The Morgan fingerprint density at radius 2 is 2.06 bits per heavy atom. The summed E-state index contributed by atoms with van der Waals surface area (Å²) in [7, 11) is 4.16. The van der Waals surface area contributed by atoms with Crippen LogP contribution in [0.3, 0.4) is 0 Å². The number of ketones is 1. The first-order valence-corrected chi connectivity index (χ1v) is 7.09. The van der Waals surface area contributed by atoms with Crippen LogP contribution in [0.4, 0.5) is 0 Å². The van der Waals surface area contributed by atoms with Crippen LogP contribution in [0.1, 0.15) is 31.4 Å². The first kappa shape index (κ1) is 13.2. The van der Waals surface area contributed by atoms with Crippen LogP contribution in [-0.2, 0) is 4.79 Å². The highest BCUT2D eigenvalue weighted by atomic mass is 32.1. The van der Waals surface area contributed by atoms with Crippen molar-refractivity contribution in [3.05, 3.63) is 35.2 Å². The number of nitrogens with zero attached hydrogens (tertiary/aromatic N) is 1. The average Bonchev–Trinajstić information content (AvgIpc) is 2.73. The summed E-state index contributed by atoms with van der Waals surface area (Å²) in [6.07, 6.45) is 1.54. The van der Waals surface area contributed by atoms with E-state index in [1.807, 2.05) is 0 Å².